The molecule has 0 spiro atoms. The molecule has 0 radical (unpaired) electrons. The highest BCUT2D eigenvalue weighted by Crippen LogP contribution is 2.19. The van der Waals surface area contributed by atoms with E-state index in [0.717, 1.165) is 12.8 Å². The number of nitrogens with zero attached hydrogens (tertiary/aromatic N) is 1. The smallest absolute Gasteiger partial charge is 0.409 e. The third-order valence-electron chi connectivity index (χ3n) is 3.06. The van der Waals surface area contributed by atoms with E-state index in [0.29, 0.717) is 32.5 Å². The number of nitrogens with two attached hydrogens (primary N) is 1. The molecule has 0 atom stereocenters. The van der Waals surface area contributed by atoms with Crippen molar-refractivity contribution >= 4 is 6.09 Å². The van der Waals surface area contributed by atoms with Gasteiger partial charge in [-0.05, 0) is 19.3 Å². The molecule has 0 unspecified atom stereocenters. The van der Waals surface area contributed by atoms with Gasteiger partial charge in [0.25, 0.3) is 0 Å². The Kier molecular flexibility index (Phi) is 5.02. The van der Waals surface area contributed by atoms with Gasteiger partial charge in [-0.25, -0.2) is 4.79 Å². The number of likely N-dealkylation sites (tertiary alicyclic amines) is 1. The molecule has 0 aromatic carbocycles. The van der Waals surface area contributed by atoms with Crippen LogP contribution in [0.4, 0.5) is 4.79 Å². The van der Waals surface area contributed by atoms with E-state index < -0.39 is 5.54 Å². The van der Waals surface area contributed by atoms with Crippen molar-refractivity contribution in [1.82, 2.24) is 4.90 Å². The number of carbonyl (C=O) groups excluding carboxylic acids is 1. The van der Waals surface area contributed by atoms with Crippen molar-refractivity contribution in [2.75, 3.05) is 26.3 Å². The molecule has 94 valence electrons. The molecular weight excluding hydrogens is 208 g/mol. The van der Waals surface area contributed by atoms with Gasteiger partial charge in [-0.2, -0.15) is 0 Å². The van der Waals surface area contributed by atoms with Crippen molar-refractivity contribution in [3.8, 4) is 0 Å². The highest BCUT2D eigenvalue weighted by atomic mass is 16.6. The minimum atomic E-state index is -0.514. The van der Waals surface area contributed by atoms with Crippen LogP contribution in [0.3, 0.4) is 0 Å². The lowest BCUT2D eigenvalue weighted by Crippen LogP contribution is -2.54. The second-order valence-corrected chi connectivity index (χ2v) is 4.48. The molecule has 3 N–H and O–H groups in total. The first kappa shape index (κ1) is 13.3. The Bertz CT molecular complexity index is 225. The third-order valence-corrected chi connectivity index (χ3v) is 3.06. The van der Waals surface area contributed by atoms with E-state index >= 15 is 0 Å². The van der Waals surface area contributed by atoms with Gasteiger partial charge in [-0.15, -0.1) is 0 Å². The molecular formula is C11H22N2O3. The standard InChI is InChI=1S/C11H22N2O3/c1-2-3-8-16-10(15)13-6-4-11(12,9-14)5-7-13/h14H,2-9,12H2,1H3. The molecule has 5 nitrogen and oxygen atoms in total. The quantitative estimate of drug-likeness (QED) is 0.697. The highest BCUT2D eigenvalue weighted by molar-refractivity contribution is 5.67. The number of rotatable bonds is 4. The Hall–Kier alpha value is -0.810. The highest BCUT2D eigenvalue weighted by Gasteiger charge is 2.32. The molecule has 1 amide bonds. The summed E-state index contributed by atoms with van der Waals surface area (Å²) in [4.78, 5) is 13.2. The maximum absolute atomic E-state index is 11.6. The normalized spacial score (nSPS) is 19.6. The fraction of sp³-hybridized carbons (Fsp3) is 0.909. The molecule has 0 saturated carbocycles. The fourth-order valence-electron chi connectivity index (χ4n) is 1.69. The summed E-state index contributed by atoms with van der Waals surface area (Å²) in [5.74, 6) is 0. The zero-order valence-corrected chi connectivity index (χ0v) is 9.95. The van der Waals surface area contributed by atoms with Gasteiger partial charge in [-0.1, -0.05) is 13.3 Å². The molecule has 0 aromatic rings. The first-order valence-electron chi connectivity index (χ1n) is 5.93. The van der Waals surface area contributed by atoms with Crippen molar-refractivity contribution in [2.45, 2.75) is 38.1 Å². The van der Waals surface area contributed by atoms with Crippen LogP contribution in [0, 0.1) is 0 Å². The molecule has 1 rings (SSSR count). The average Bonchev–Trinajstić information content (AvgIpc) is 2.30. The van der Waals surface area contributed by atoms with Crippen LogP contribution in [0.2, 0.25) is 0 Å². The Morgan fingerprint density at radius 1 is 1.50 bits per heavy atom. The Balaban J connectivity index is 2.27. The largest absolute Gasteiger partial charge is 0.449 e. The topological polar surface area (TPSA) is 75.8 Å². The van der Waals surface area contributed by atoms with E-state index in [1.807, 2.05) is 0 Å². The number of hydrogen-bond acceptors (Lipinski definition) is 4. The van der Waals surface area contributed by atoms with E-state index in [9.17, 15) is 4.79 Å². The zero-order valence-electron chi connectivity index (χ0n) is 9.95. The van der Waals surface area contributed by atoms with E-state index in [4.69, 9.17) is 15.6 Å². The molecule has 0 bridgehead atoms. The number of aliphatic hydroxyl groups is 1. The maximum Gasteiger partial charge on any atom is 0.409 e. The van der Waals surface area contributed by atoms with Crippen LogP contribution in [0.1, 0.15) is 32.6 Å². The van der Waals surface area contributed by atoms with Crippen LogP contribution >= 0.6 is 0 Å². The van der Waals surface area contributed by atoms with E-state index in [1.165, 1.54) is 0 Å². The van der Waals surface area contributed by atoms with Crippen molar-refractivity contribution in [2.24, 2.45) is 5.73 Å². The van der Waals surface area contributed by atoms with Gasteiger partial charge in [0, 0.05) is 18.6 Å². The lowest BCUT2D eigenvalue weighted by atomic mass is 9.90. The second kappa shape index (κ2) is 6.06. The van der Waals surface area contributed by atoms with Crippen molar-refractivity contribution in [3.63, 3.8) is 0 Å². The van der Waals surface area contributed by atoms with E-state index in [-0.39, 0.29) is 12.7 Å². The molecule has 1 aliphatic rings. The monoisotopic (exact) mass is 230 g/mol. The van der Waals surface area contributed by atoms with Gasteiger partial charge in [-0.3, -0.25) is 0 Å². The van der Waals surface area contributed by atoms with Gasteiger partial charge < -0.3 is 20.5 Å². The first-order valence-corrected chi connectivity index (χ1v) is 5.93. The SMILES string of the molecule is CCCCOC(=O)N1CCC(N)(CO)CC1. The van der Waals surface area contributed by atoms with Gasteiger partial charge in [0.2, 0.25) is 0 Å². The third kappa shape index (κ3) is 3.64. The minimum Gasteiger partial charge on any atom is -0.449 e. The molecule has 1 saturated heterocycles. The lowest BCUT2D eigenvalue weighted by molar-refractivity contribution is 0.0693. The van der Waals surface area contributed by atoms with Gasteiger partial charge >= 0.3 is 6.09 Å². The Morgan fingerprint density at radius 3 is 2.62 bits per heavy atom. The van der Waals surface area contributed by atoms with Crippen LogP contribution in [-0.4, -0.2) is 47.9 Å². The summed E-state index contributed by atoms with van der Waals surface area (Å²) in [6.07, 6.45) is 2.92. The number of piperidine rings is 1. The molecule has 5 heteroatoms. The number of amides is 1. The lowest BCUT2D eigenvalue weighted by Gasteiger charge is -2.37. The summed E-state index contributed by atoms with van der Waals surface area (Å²) >= 11 is 0. The Morgan fingerprint density at radius 2 is 2.12 bits per heavy atom. The molecule has 0 aliphatic carbocycles. The van der Waals surface area contributed by atoms with Crippen LogP contribution in [-0.2, 0) is 4.74 Å². The van der Waals surface area contributed by atoms with Crippen molar-refractivity contribution in [1.29, 1.82) is 0 Å². The van der Waals surface area contributed by atoms with Crippen LogP contribution in [0.5, 0.6) is 0 Å². The molecule has 1 aliphatic heterocycles. The average molecular weight is 230 g/mol. The molecule has 1 fully saturated rings. The second-order valence-electron chi connectivity index (χ2n) is 4.48. The van der Waals surface area contributed by atoms with Crippen LogP contribution < -0.4 is 5.73 Å². The van der Waals surface area contributed by atoms with Gasteiger partial charge in [0.15, 0.2) is 0 Å². The molecule has 16 heavy (non-hydrogen) atoms. The van der Waals surface area contributed by atoms with E-state index in [2.05, 4.69) is 6.92 Å². The Labute approximate surface area is 96.6 Å². The predicted octanol–water partition coefficient (Wildman–Crippen LogP) is 0.709. The fourth-order valence-corrected chi connectivity index (χ4v) is 1.69. The summed E-state index contributed by atoms with van der Waals surface area (Å²) in [6.45, 7) is 3.66. The summed E-state index contributed by atoms with van der Waals surface area (Å²) in [5, 5.41) is 9.09. The molecule has 0 aromatic heterocycles. The van der Waals surface area contributed by atoms with Crippen molar-refractivity contribution < 1.29 is 14.6 Å². The predicted molar refractivity (Wildman–Crippen MR) is 61.1 cm³/mol. The number of unbranched alkanes of at least 4 members (excludes halogenated alkanes) is 1. The number of hydrogen-bond donors (Lipinski definition) is 2. The van der Waals surface area contributed by atoms with Crippen molar-refractivity contribution in [3.05, 3.63) is 0 Å². The zero-order chi connectivity index (χ0) is 12.0. The number of aliphatic hydroxyl groups excluding tert-OH is 1. The van der Waals surface area contributed by atoms with Gasteiger partial charge in [0.05, 0.1) is 13.2 Å². The summed E-state index contributed by atoms with van der Waals surface area (Å²) in [6, 6.07) is 0. The summed E-state index contributed by atoms with van der Waals surface area (Å²) in [5.41, 5.74) is 5.40. The summed E-state index contributed by atoms with van der Waals surface area (Å²) < 4.78 is 5.11. The van der Waals surface area contributed by atoms with Gasteiger partial charge in [0.1, 0.15) is 0 Å². The maximum atomic E-state index is 11.6. The first-order chi connectivity index (χ1) is 7.61. The van der Waals surface area contributed by atoms with Crippen LogP contribution in [0.25, 0.3) is 0 Å². The van der Waals surface area contributed by atoms with Crippen LogP contribution in [0.15, 0.2) is 0 Å². The number of carbonyl (C=O) groups is 1. The minimum absolute atomic E-state index is 0.0221. The van der Waals surface area contributed by atoms with E-state index in [1.54, 1.807) is 4.90 Å². The summed E-state index contributed by atoms with van der Waals surface area (Å²) in [7, 11) is 0. The molecule has 1 heterocycles. The number of ether oxygens (including phenoxy) is 1.